The van der Waals surface area contributed by atoms with E-state index in [9.17, 15) is 9.59 Å². The number of aryl methyl sites for hydroxylation is 1. The van der Waals surface area contributed by atoms with Crippen LogP contribution >= 0.6 is 11.3 Å². The molecule has 0 saturated heterocycles. The summed E-state index contributed by atoms with van der Waals surface area (Å²) in [6.07, 6.45) is 4.44. The van der Waals surface area contributed by atoms with Crippen molar-refractivity contribution in [3.8, 4) is 0 Å². The van der Waals surface area contributed by atoms with E-state index < -0.39 is 5.97 Å². The van der Waals surface area contributed by atoms with Crippen molar-refractivity contribution < 1.29 is 14.3 Å². The van der Waals surface area contributed by atoms with Crippen molar-refractivity contribution in [2.45, 2.75) is 32.1 Å². The third-order valence-corrected chi connectivity index (χ3v) is 5.00. The van der Waals surface area contributed by atoms with E-state index in [1.807, 2.05) is 12.1 Å². The van der Waals surface area contributed by atoms with Crippen molar-refractivity contribution in [2.24, 2.45) is 0 Å². The lowest BCUT2D eigenvalue weighted by atomic mass is 9.86. The molecule has 0 unspecified atom stereocenters. The highest BCUT2D eigenvalue weighted by Gasteiger charge is 2.31. The van der Waals surface area contributed by atoms with Gasteiger partial charge in [-0.1, -0.05) is 6.07 Å². The van der Waals surface area contributed by atoms with Crippen LogP contribution in [0.25, 0.3) is 0 Å². The van der Waals surface area contributed by atoms with Crippen LogP contribution in [0, 0.1) is 0 Å². The van der Waals surface area contributed by atoms with Gasteiger partial charge in [0.15, 0.2) is 10.8 Å². The number of pyridine rings is 1. The van der Waals surface area contributed by atoms with Gasteiger partial charge in [0.05, 0.1) is 18.2 Å². The quantitative estimate of drug-likeness (QED) is 0.797. The smallest absolute Gasteiger partial charge is 0.357 e. The van der Waals surface area contributed by atoms with E-state index in [4.69, 9.17) is 4.74 Å². The summed E-state index contributed by atoms with van der Waals surface area (Å²) in [5.74, 6) is -0.764. The number of nitrogens with zero attached hydrogens (tertiary/aromatic N) is 3. The van der Waals surface area contributed by atoms with Crippen LogP contribution in [0.3, 0.4) is 0 Å². The predicted molar refractivity (Wildman–Crippen MR) is 91.4 cm³/mol. The van der Waals surface area contributed by atoms with Gasteiger partial charge >= 0.3 is 5.97 Å². The lowest BCUT2D eigenvalue weighted by Gasteiger charge is -2.26. The van der Waals surface area contributed by atoms with Gasteiger partial charge in [-0.15, -0.1) is 11.3 Å². The normalized spacial score (nSPS) is 16.3. The molecular weight excluding hydrogens is 326 g/mol. The van der Waals surface area contributed by atoms with Gasteiger partial charge in [-0.05, 0) is 37.8 Å². The molecule has 1 atom stereocenters. The van der Waals surface area contributed by atoms with Gasteiger partial charge in [0, 0.05) is 18.6 Å². The predicted octanol–water partition coefficient (Wildman–Crippen LogP) is 2.80. The molecule has 0 spiro atoms. The fourth-order valence-electron chi connectivity index (χ4n) is 2.89. The second-order valence-electron chi connectivity index (χ2n) is 5.63. The van der Waals surface area contributed by atoms with Crippen molar-refractivity contribution in [3.05, 3.63) is 40.7 Å². The van der Waals surface area contributed by atoms with E-state index in [-0.39, 0.29) is 17.5 Å². The zero-order chi connectivity index (χ0) is 17.1. The van der Waals surface area contributed by atoms with Crippen LogP contribution in [0.15, 0.2) is 23.7 Å². The van der Waals surface area contributed by atoms with Gasteiger partial charge in [0.1, 0.15) is 0 Å². The maximum Gasteiger partial charge on any atom is 0.357 e. The molecule has 3 rings (SSSR count). The Hall–Kier alpha value is -2.28. The lowest BCUT2D eigenvalue weighted by molar-refractivity contribution is -0.120. The van der Waals surface area contributed by atoms with Crippen LogP contribution in [0.5, 0.6) is 0 Å². The number of thiazole rings is 1. The molecule has 1 aliphatic rings. The Balaban J connectivity index is 1.80. The summed E-state index contributed by atoms with van der Waals surface area (Å²) in [5, 5.41) is 2.11. The van der Waals surface area contributed by atoms with Crippen LogP contribution in [0.1, 0.15) is 47.4 Å². The van der Waals surface area contributed by atoms with Crippen molar-refractivity contribution in [1.29, 1.82) is 0 Å². The highest BCUT2D eigenvalue weighted by molar-refractivity contribution is 7.14. The third-order valence-electron chi connectivity index (χ3n) is 4.09. The summed E-state index contributed by atoms with van der Waals surface area (Å²) in [4.78, 5) is 34.8. The zero-order valence-corrected chi connectivity index (χ0v) is 14.5. The average Bonchev–Trinajstić information content (AvgIpc) is 3.10. The van der Waals surface area contributed by atoms with E-state index in [0.717, 1.165) is 30.5 Å². The number of amides is 1. The fraction of sp³-hybridized carbons (Fsp3) is 0.412. The number of carbonyl (C=O) groups excluding carboxylic acids is 2. The SMILES string of the molecule is CCOC(=O)c1csc(N(C)C(=O)[C@H]2CCCc3cccnc32)n1. The topological polar surface area (TPSA) is 72.4 Å². The van der Waals surface area contributed by atoms with Gasteiger partial charge < -0.3 is 4.74 Å². The second-order valence-corrected chi connectivity index (χ2v) is 6.46. The molecule has 0 aliphatic heterocycles. The molecule has 7 heteroatoms. The third kappa shape index (κ3) is 3.17. The molecule has 0 saturated carbocycles. The Labute approximate surface area is 144 Å². The van der Waals surface area contributed by atoms with Crippen molar-refractivity contribution in [2.75, 3.05) is 18.6 Å². The average molecular weight is 345 g/mol. The minimum absolute atomic E-state index is 0.0422. The van der Waals surface area contributed by atoms with Gasteiger partial charge in [0.2, 0.25) is 5.91 Å². The number of hydrogen-bond acceptors (Lipinski definition) is 6. The second kappa shape index (κ2) is 7.09. The monoisotopic (exact) mass is 345 g/mol. The summed E-state index contributed by atoms with van der Waals surface area (Å²) in [5.41, 5.74) is 2.24. The number of rotatable bonds is 4. The Morgan fingerprint density at radius 2 is 2.29 bits per heavy atom. The molecule has 1 amide bonds. The van der Waals surface area contributed by atoms with Gasteiger partial charge in [-0.2, -0.15) is 0 Å². The first kappa shape index (κ1) is 16.6. The summed E-state index contributed by atoms with van der Waals surface area (Å²) in [7, 11) is 1.69. The molecular formula is C17H19N3O3S. The standard InChI is InChI=1S/C17H19N3O3S/c1-3-23-16(22)13-10-24-17(19-13)20(2)15(21)12-8-4-6-11-7-5-9-18-14(11)12/h5,7,9-10,12H,3-4,6,8H2,1-2H3/t12-/m0/s1. The molecule has 2 aromatic heterocycles. The van der Waals surface area contributed by atoms with Crippen LogP contribution in [-0.4, -0.2) is 35.5 Å². The van der Waals surface area contributed by atoms with Gasteiger partial charge in [0.25, 0.3) is 0 Å². The van der Waals surface area contributed by atoms with Crippen molar-refractivity contribution >= 4 is 28.3 Å². The molecule has 0 bridgehead atoms. The minimum Gasteiger partial charge on any atom is -0.461 e. The summed E-state index contributed by atoms with van der Waals surface area (Å²) in [6, 6.07) is 3.94. The molecule has 0 N–H and O–H groups in total. The number of aromatic nitrogens is 2. The maximum atomic E-state index is 12.9. The first-order valence-electron chi connectivity index (χ1n) is 7.95. The Bertz CT molecular complexity index is 759. The Morgan fingerprint density at radius 3 is 3.08 bits per heavy atom. The van der Waals surface area contributed by atoms with Gasteiger partial charge in [-0.25, -0.2) is 9.78 Å². The summed E-state index contributed by atoms with van der Waals surface area (Å²) in [6.45, 7) is 2.04. The molecule has 2 heterocycles. The highest BCUT2D eigenvalue weighted by atomic mass is 32.1. The van der Waals surface area contributed by atoms with E-state index in [1.165, 1.54) is 16.2 Å². The number of ether oxygens (including phenoxy) is 1. The molecule has 0 radical (unpaired) electrons. The number of carbonyl (C=O) groups is 2. The van der Waals surface area contributed by atoms with E-state index in [2.05, 4.69) is 9.97 Å². The zero-order valence-electron chi connectivity index (χ0n) is 13.7. The molecule has 126 valence electrons. The minimum atomic E-state index is -0.467. The van der Waals surface area contributed by atoms with E-state index >= 15 is 0 Å². The Morgan fingerprint density at radius 1 is 1.46 bits per heavy atom. The number of esters is 1. The van der Waals surface area contributed by atoms with Crippen LogP contribution < -0.4 is 4.90 Å². The fourth-order valence-corrected chi connectivity index (χ4v) is 3.66. The lowest BCUT2D eigenvalue weighted by Crippen LogP contribution is -2.34. The van der Waals surface area contributed by atoms with E-state index in [1.54, 1.807) is 25.5 Å². The molecule has 6 nitrogen and oxygen atoms in total. The number of likely N-dealkylation sites (N-methyl/N-ethyl adjacent to an activating group) is 1. The maximum absolute atomic E-state index is 12.9. The number of anilines is 1. The molecule has 1 aliphatic carbocycles. The first-order chi connectivity index (χ1) is 11.6. The summed E-state index contributed by atoms with van der Waals surface area (Å²) >= 11 is 1.26. The molecule has 0 fully saturated rings. The first-order valence-corrected chi connectivity index (χ1v) is 8.83. The van der Waals surface area contributed by atoms with Crippen LogP contribution in [0.2, 0.25) is 0 Å². The van der Waals surface area contributed by atoms with Crippen LogP contribution in [-0.2, 0) is 16.0 Å². The van der Waals surface area contributed by atoms with Crippen molar-refractivity contribution in [1.82, 2.24) is 9.97 Å². The summed E-state index contributed by atoms with van der Waals surface area (Å²) < 4.78 is 4.94. The molecule has 24 heavy (non-hydrogen) atoms. The van der Waals surface area contributed by atoms with E-state index in [0.29, 0.717) is 11.7 Å². The van der Waals surface area contributed by atoms with Gasteiger partial charge in [-0.3, -0.25) is 14.7 Å². The Kier molecular flexibility index (Phi) is 4.89. The van der Waals surface area contributed by atoms with Crippen LogP contribution in [0.4, 0.5) is 5.13 Å². The highest BCUT2D eigenvalue weighted by Crippen LogP contribution is 2.32. The largest absolute Gasteiger partial charge is 0.461 e. The van der Waals surface area contributed by atoms with Crippen molar-refractivity contribution in [3.63, 3.8) is 0 Å². The number of fused-ring (bicyclic) bond motifs is 1. The number of hydrogen-bond donors (Lipinski definition) is 0. The molecule has 0 aromatic carbocycles. The molecule has 2 aromatic rings.